The highest BCUT2D eigenvalue weighted by Gasteiger charge is 2.35. The van der Waals surface area contributed by atoms with Crippen LogP contribution < -0.4 is 5.32 Å². The van der Waals surface area contributed by atoms with Crippen LogP contribution in [0.5, 0.6) is 0 Å². The van der Waals surface area contributed by atoms with E-state index in [1.165, 1.54) is 0 Å². The van der Waals surface area contributed by atoms with Crippen molar-refractivity contribution in [3.8, 4) is 0 Å². The summed E-state index contributed by atoms with van der Waals surface area (Å²) in [6.45, 7) is 4.92. The Bertz CT molecular complexity index is 564. The number of carbonyl (C=O) groups excluding carboxylic acids is 1. The van der Waals surface area contributed by atoms with E-state index in [1.54, 1.807) is 6.07 Å². The zero-order chi connectivity index (χ0) is 16.2. The molecule has 1 aromatic rings. The number of hydrogen-bond donors (Lipinski definition) is 2. The Morgan fingerprint density at radius 2 is 2.05 bits per heavy atom. The van der Waals surface area contributed by atoms with Crippen molar-refractivity contribution in [3.05, 3.63) is 34.9 Å². The number of fused-ring (bicyclic) bond motifs is 1. The van der Waals surface area contributed by atoms with E-state index in [9.17, 15) is 14.7 Å². The minimum absolute atomic E-state index is 0.138. The third kappa shape index (κ3) is 3.14. The summed E-state index contributed by atoms with van der Waals surface area (Å²) in [4.78, 5) is 24.0. The van der Waals surface area contributed by atoms with E-state index < -0.39 is 11.4 Å². The van der Waals surface area contributed by atoms with Crippen LogP contribution in [-0.4, -0.2) is 30.1 Å². The predicted molar refractivity (Wildman–Crippen MR) is 82.8 cm³/mol. The molecule has 0 fully saturated rings. The fraction of sp³-hybridized carbons (Fsp3) is 0.529. The maximum Gasteiger partial charge on any atom is 0.311 e. The van der Waals surface area contributed by atoms with Crippen LogP contribution >= 0.6 is 0 Å². The first kappa shape index (κ1) is 16.5. The Labute approximate surface area is 130 Å². The van der Waals surface area contributed by atoms with Gasteiger partial charge in [0.25, 0.3) is 5.91 Å². The van der Waals surface area contributed by atoms with Gasteiger partial charge in [-0.25, -0.2) is 0 Å². The van der Waals surface area contributed by atoms with Crippen molar-refractivity contribution in [2.75, 3.05) is 13.2 Å². The molecule has 0 unspecified atom stereocenters. The average molecular weight is 305 g/mol. The van der Waals surface area contributed by atoms with Crippen LogP contribution in [0.25, 0.3) is 0 Å². The highest BCUT2D eigenvalue weighted by atomic mass is 16.5. The van der Waals surface area contributed by atoms with Crippen LogP contribution in [0.4, 0.5) is 0 Å². The number of carboxylic acids is 1. The first-order valence-corrected chi connectivity index (χ1v) is 7.74. The average Bonchev–Trinajstić information content (AvgIpc) is 2.55. The van der Waals surface area contributed by atoms with Gasteiger partial charge in [-0.05, 0) is 36.5 Å². The Hall–Kier alpha value is -1.88. The Morgan fingerprint density at radius 3 is 2.68 bits per heavy atom. The molecule has 1 aliphatic rings. The number of carbonyl (C=O) groups is 2. The van der Waals surface area contributed by atoms with Gasteiger partial charge in [0.05, 0.1) is 18.6 Å². The summed E-state index contributed by atoms with van der Waals surface area (Å²) in [5.74, 6) is -1.09. The largest absolute Gasteiger partial charge is 0.481 e. The van der Waals surface area contributed by atoms with Crippen LogP contribution in [-0.2, 0) is 22.6 Å². The Kier molecular flexibility index (Phi) is 5.19. The van der Waals surface area contributed by atoms with Crippen LogP contribution in [0.2, 0.25) is 0 Å². The summed E-state index contributed by atoms with van der Waals surface area (Å²) < 4.78 is 5.44. The van der Waals surface area contributed by atoms with Gasteiger partial charge >= 0.3 is 5.97 Å². The molecule has 120 valence electrons. The smallest absolute Gasteiger partial charge is 0.311 e. The molecule has 1 aromatic carbocycles. The Balaban J connectivity index is 2.15. The summed E-state index contributed by atoms with van der Waals surface area (Å²) in [6.07, 6.45) is 1.77. The van der Waals surface area contributed by atoms with Crippen LogP contribution in [0, 0.1) is 5.41 Å². The zero-order valence-electron chi connectivity index (χ0n) is 13.1. The number of ether oxygens (including phenoxy) is 1. The standard InChI is InChI=1S/C17H23NO4/c1-3-17(4-2,16(20)21)11-18-15(19)13-7-5-6-12-8-9-22-10-14(12)13/h5-7H,3-4,8-11H2,1-2H3,(H,18,19)(H,20,21). The van der Waals surface area contributed by atoms with E-state index in [0.717, 1.165) is 17.5 Å². The molecule has 0 aromatic heterocycles. The molecule has 0 radical (unpaired) electrons. The minimum Gasteiger partial charge on any atom is -0.481 e. The molecule has 0 spiro atoms. The van der Waals surface area contributed by atoms with Gasteiger partial charge < -0.3 is 15.2 Å². The molecule has 1 heterocycles. The monoisotopic (exact) mass is 305 g/mol. The molecule has 0 atom stereocenters. The van der Waals surface area contributed by atoms with Crippen molar-refractivity contribution in [1.82, 2.24) is 5.32 Å². The summed E-state index contributed by atoms with van der Waals surface area (Å²) in [6, 6.07) is 5.64. The summed E-state index contributed by atoms with van der Waals surface area (Å²) in [5.41, 5.74) is 1.74. The molecular formula is C17H23NO4. The van der Waals surface area contributed by atoms with Crippen molar-refractivity contribution in [1.29, 1.82) is 0 Å². The van der Waals surface area contributed by atoms with Gasteiger partial charge in [0.2, 0.25) is 0 Å². The van der Waals surface area contributed by atoms with Crippen LogP contribution in [0.15, 0.2) is 18.2 Å². The molecule has 1 aliphatic heterocycles. The van der Waals surface area contributed by atoms with E-state index in [4.69, 9.17) is 4.74 Å². The number of carboxylic acid groups (broad SMARTS) is 1. The lowest BCUT2D eigenvalue weighted by Gasteiger charge is -2.27. The van der Waals surface area contributed by atoms with Crippen molar-refractivity contribution in [3.63, 3.8) is 0 Å². The molecule has 2 N–H and O–H groups in total. The number of hydrogen-bond acceptors (Lipinski definition) is 3. The number of rotatable bonds is 6. The fourth-order valence-corrected chi connectivity index (χ4v) is 2.83. The van der Waals surface area contributed by atoms with E-state index in [-0.39, 0.29) is 12.5 Å². The van der Waals surface area contributed by atoms with Crippen LogP contribution in [0.1, 0.15) is 48.2 Å². The molecule has 0 saturated carbocycles. The fourth-order valence-electron chi connectivity index (χ4n) is 2.83. The topological polar surface area (TPSA) is 75.6 Å². The summed E-state index contributed by atoms with van der Waals surface area (Å²) >= 11 is 0. The number of amides is 1. The van der Waals surface area contributed by atoms with Gasteiger partial charge in [-0.1, -0.05) is 26.0 Å². The molecule has 22 heavy (non-hydrogen) atoms. The van der Waals surface area contributed by atoms with Crippen molar-refractivity contribution < 1.29 is 19.4 Å². The highest BCUT2D eigenvalue weighted by molar-refractivity contribution is 5.96. The number of nitrogens with one attached hydrogen (secondary N) is 1. The SMILES string of the molecule is CCC(CC)(CNC(=O)c1cccc2c1COCC2)C(=O)O. The van der Waals surface area contributed by atoms with E-state index in [0.29, 0.717) is 31.6 Å². The molecule has 5 heteroatoms. The molecular weight excluding hydrogens is 282 g/mol. The van der Waals surface area contributed by atoms with Gasteiger partial charge in [-0.2, -0.15) is 0 Å². The number of benzene rings is 1. The van der Waals surface area contributed by atoms with E-state index in [2.05, 4.69) is 5.32 Å². The first-order chi connectivity index (χ1) is 10.5. The van der Waals surface area contributed by atoms with E-state index >= 15 is 0 Å². The highest BCUT2D eigenvalue weighted by Crippen LogP contribution is 2.26. The maximum absolute atomic E-state index is 12.5. The second-order valence-electron chi connectivity index (χ2n) is 5.72. The van der Waals surface area contributed by atoms with Gasteiger partial charge in [-0.3, -0.25) is 9.59 Å². The molecule has 0 aliphatic carbocycles. The minimum atomic E-state index is -0.902. The van der Waals surface area contributed by atoms with Crippen molar-refractivity contribution >= 4 is 11.9 Å². The van der Waals surface area contributed by atoms with Crippen molar-refractivity contribution in [2.45, 2.75) is 39.7 Å². The second-order valence-corrected chi connectivity index (χ2v) is 5.72. The molecule has 1 amide bonds. The van der Waals surface area contributed by atoms with E-state index in [1.807, 2.05) is 26.0 Å². The normalized spacial score (nSPS) is 14.3. The second kappa shape index (κ2) is 6.92. The van der Waals surface area contributed by atoms with Crippen LogP contribution in [0.3, 0.4) is 0 Å². The number of aliphatic carboxylic acids is 1. The van der Waals surface area contributed by atoms with Crippen molar-refractivity contribution in [2.24, 2.45) is 5.41 Å². The summed E-state index contributed by atoms with van der Waals surface area (Å²) in [5, 5.41) is 12.2. The molecule has 5 nitrogen and oxygen atoms in total. The summed E-state index contributed by atoms with van der Waals surface area (Å²) in [7, 11) is 0. The molecule has 0 saturated heterocycles. The van der Waals surface area contributed by atoms with Gasteiger partial charge in [0, 0.05) is 12.1 Å². The zero-order valence-corrected chi connectivity index (χ0v) is 13.1. The third-order valence-corrected chi connectivity index (χ3v) is 4.67. The first-order valence-electron chi connectivity index (χ1n) is 7.74. The third-order valence-electron chi connectivity index (χ3n) is 4.67. The quantitative estimate of drug-likeness (QED) is 0.846. The molecule has 0 bridgehead atoms. The lowest BCUT2D eigenvalue weighted by molar-refractivity contribution is -0.149. The maximum atomic E-state index is 12.5. The van der Waals surface area contributed by atoms with Gasteiger partial charge in [-0.15, -0.1) is 0 Å². The lowest BCUT2D eigenvalue weighted by Crippen LogP contribution is -2.42. The van der Waals surface area contributed by atoms with Gasteiger partial charge in [0.15, 0.2) is 0 Å². The Morgan fingerprint density at radius 1 is 1.32 bits per heavy atom. The van der Waals surface area contributed by atoms with Gasteiger partial charge in [0.1, 0.15) is 0 Å². The molecule has 2 rings (SSSR count). The predicted octanol–water partition coefficient (Wildman–Crippen LogP) is 2.38. The lowest BCUT2D eigenvalue weighted by atomic mass is 9.82.